The third kappa shape index (κ3) is 5.19. The van der Waals surface area contributed by atoms with Crippen LogP contribution in [0.1, 0.15) is 36.2 Å². The number of nitrogens with zero attached hydrogens (tertiary/aromatic N) is 2. The Kier molecular flexibility index (Phi) is 5.58. The number of nitrogens with one attached hydrogen (secondary N) is 1. The molecule has 0 fully saturated rings. The van der Waals surface area contributed by atoms with E-state index in [2.05, 4.69) is 22.3 Å². The van der Waals surface area contributed by atoms with Gasteiger partial charge in [-0.05, 0) is 44.5 Å². The summed E-state index contributed by atoms with van der Waals surface area (Å²) in [6.07, 6.45) is 2.64. The number of amides is 1. The number of carbonyl (C=O) groups is 1. The van der Waals surface area contributed by atoms with Crippen LogP contribution in [-0.2, 0) is 6.54 Å². The molecule has 0 radical (unpaired) electrons. The van der Waals surface area contributed by atoms with Gasteiger partial charge < -0.3 is 10.4 Å². The van der Waals surface area contributed by atoms with Crippen molar-refractivity contribution in [3.05, 3.63) is 65.9 Å². The number of aliphatic hydroxyl groups is 1. The molecule has 0 bridgehead atoms. The number of fused-ring (bicyclic) bond motifs is 1. The van der Waals surface area contributed by atoms with Crippen LogP contribution >= 0.6 is 0 Å². The van der Waals surface area contributed by atoms with Crippen LogP contribution in [0.2, 0.25) is 0 Å². The van der Waals surface area contributed by atoms with E-state index in [4.69, 9.17) is 0 Å². The zero-order valence-corrected chi connectivity index (χ0v) is 15.6. The molecule has 138 valence electrons. The summed E-state index contributed by atoms with van der Waals surface area (Å²) in [5.74, 6) is 5.51. The monoisotopic (exact) mass is 361 g/mol. The maximum atomic E-state index is 12.3. The Morgan fingerprint density at radius 2 is 2.04 bits per heavy atom. The zero-order valence-electron chi connectivity index (χ0n) is 15.6. The van der Waals surface area contributed by atoms with Gasteiger partial charge in [0.2, 0.25) is 0 Å². The van der Waals surface area contributed by atoms with E-state index in [9.17, 15) is 9.90 Å². The van der Waals surface area contributed by atoms with Crippen LogP contribution in [-0.4, -0.2) is 32.9 Å². The highest BCUT2D eigenvalue weighted by molar-refractivity contribution is 5.94. The van der Waals surface area contributed by atoms with E-state index in [1.807, 2.05) is 41.2 Å². The molecule has 2 N–H and O–H groups in total. The summed E-state index contributed by atoms with van der Waals surface area (Å²) in [7, 11) is 0. The largest absolute Gasteiger partial charge is 0.378 e. The first-order valence-corrected chi connectivity index (χ1v) is 8.97. The van der Waals surface area contributed by atoms with Gasteiger partial charge in [-0.25, -0.2) is 0 Å². The molecular formula is C22H23N3O2. The van der Waals surface area contributed by atoms with E-state index in [0.717, 1.165) is 23.9 Å². The van der Waals surface area contributed by atoms with Crippen molar-refractivity contribution in [2.45, 2.75) is 32.4 Å². The van der Waals surface area contributed by atoms with Crippen molar-refractivity contribution >= 4 is 16.8 Å². The van der Waals surface area contributed by atoms with Gasteiger partial charge in [0.25, 0.3) is 5.91 Å². The van der Waals surface area contributed by atoms with Gasteiger partial charge in [-0.2, -0.15) is 5.10 Å². The Balaban J connectivity index is 1.54. The van der Waals surface area contributed by atoms with Crippen LogP contribution in [0.4, 0.5) is 0 Å². The molecule has 0 saturated carbocycles. The predicted octanol–water partition coefficient (Wildman–Crippen LogP) is 2.98. The van der Waals surface area contributed by atoms with Crippen LogP contribution in [0.3, 0.4) is 0 Å². The molecule has 0 saturated heterocycles. The quantitative estimate of drug-likeness (QED) is 0.542. The second kappa shape index (κ2) is 8.07. The average molecular weight is 361 g/mol. The van der Waals surface area contributed by atoms with E-state index < -0.39 is 5.60 Å². The third-order valence-electron chi connectivity index (χ3n) is 4.02. The van der Waals surface area contributed by atoms with Gasteiger partial charge in [-0.15, -0.1) is 0 Å². The number of rotatable bonds is 5. The molecule has 5 heteroatoms. The molecule has 0 aliphatic rings. The lowest BCUT2D eigenvalue weighted by Gasteiger charge is -2.07. The smallest absolute Gasteiger partial charge is 0.251 e. The predicted molar refractivity (Wildman–Crippen MR) is 106 cm³/mol. The molecule has 5 nitrogen and oxygen atoms in total. The fourth-order valence-corrected chi connectivity index (χ4v) is 2.70. The molecule has 1 heterocycles. The van der Waals surface area contributed by atoms with Crippen molar-refractivity contribution in [3.63, 3.8) is 0 Å². The van der Waals surface area contributed by atoms with Crippen molar-refractivity contribution in [1.29, 1.82) is 0 Å². The van der Waals surface area contributed by atoms with Crippen molar-refractivity contribution in [2.24, 2.45) is 0 Å². The maximum absolute atomic E-state index is 12.3. The highest BCUT2D eigenvalue weighted by atomic mass is 16.3. The van der Waals surface area contributed by atoms with Gasteiger partial charge in [-0.1, -0.05) is 36.1 Å². The fraction of sp³-hybridized carbons (Fsp3) is 0.273. The first kappa shape index (κ1) is 18.7. The van der Waals surface area contributed by atoms with E-state index in [1.54, 1.807) is 32.0 Å². The van der Waals surface area contributed by atoms with E-state index in [0.29, 0.717) is 17.7 Å². The lowest BCUT2D eigenvalue weighted by Crippen LogP contribution is -2.25. The fourth-order valence-electron chi connectivity index (χ4n) is 2.70. The minimum absolute atomic E-state index is 0.132. The summed E-state index contributed by atoms with van der Waals surface area (Å²) in [6.45, 7) is 4.55. The van der Waals surface area contributed by atoms with Crippen molar-refractivity contribution in [3.8, 4) is 11.8 Å². The summed E-state index contributed by atoms with van der Waals surface area (Å²) in [5, 5.41) is 18.1. The SMILES string of the molecule is CC(C)(O)C#Cc1cccc(C(=O)NCCCn2ncc3ccccc32)c1. The van der Waals surface area contributed by atoms with E-state index >= 15 is 0 Å². The van der Waals surface area contributed by atoms with Gasteiger partial charge in [0.05, 0.1) is 11.7 Å². The lowest BCUT2D eigenvalue weighted by molar-refractivity contribution is 0.0952. The second-order valence-corrected chi connectivity index (χ2v) is 6.93. The number of hydrogen-bond donors (Lipinski definition) is 2. The molecule has 27 heavy (non-hydrogen) atoms. The van der Waals surface area contributed by atoms with Crippen molar-refractivity contribution in [1.82, 2.24) is 15.1 Å². The lowest BCUT2D eigenvalue weighted by atomic mass is 10.1. The second-order valence-electron chi connectivity index (χ2n) is 6.93. The summed E-state index contributed by atoms with van der Waals surface area (Å²) in [6, 6.07) is 15.2. The number of benzene rings is 2. The summed E-state index contributed by atoms with van der Waals surface area (Å²) >= 11 is 0. The maximum Gasteiger partial charge on any atom is 0.251 e. The third-order valence-corrected chi connectivity index (χ3v) is 4.02. The Morgan fingerprint density at radius 1 is 1.22 bits per heavy atom. The highest BCUT2D eigenvalue weighted by Gasteiger charge is 2.08. The van der Waals surface area contributed by atoms with Gasteiger partial charge in [0, 0.05) is 29.6 Å². The van der Waals surface area contributed by atoms with Crippen LogP contribution in [0.5, 0.6) is 0 Å². The van der Waals surface area contributed by atoms with Crippen LogP contribution in [0, 0.1) is 11.8 Å². The van der Waals surface area contributed by atoms with Crippen molar-refractivity contribution in [2.75, 3.05) is 6.54 Å². The van der Waals surface area contributed by atoms with Crippen LogP contribution in [0.15, 0.2) is 54.7 Å². The highest BCUT2D eigenvalue weighted by Crippen LogP contribution is 2.12. The molecule has 1 aromatic heterocycles. The first-order valence-electron chi connectivity index (χ1n) is 8.97. The standard InChI is InChI=1S/C22H23N3O2/c1-22(2,27)12-11-17-7-5-9-18(15-17)21(26)23-13-6-14-25-20-10-4-3-8-19(20)16-24-25/h3-5,7-10,15-16,27H,6,13-14H2,1-2H3,(H,23,26). The molecule has 3 rings (SSSR count). The number of hydrogen-bond acceptors (Lipinski definition) is 3. The van der Waals surface area contributed by atoms with Gasteiger partial charge in [0.15, 0.2) is 0 Å². The Labute approximate surface area is 159 Å². The topological polar surface area (TPSA) is 67.2 Å². The van der Waals surface area contributed by atoms with Crippen LogP contribution in [0.25, 0.3) is 10.9 Å². The van der Waals surface area contributed by atoms with E-state index in [1.165, 1.54) is 0 Å². The Bertz CT molecular complexity index is 1000. The number of aryl methyl sites for hydroxylation is 1. The molecule has 0 aliphatic carbocycles. The summed E-state index contributed by atoms with van der Waals surface area (Å²) in [5.41, 5.74) is 1.30. The minimum atomic E-state index is -1.06. The van der Waals surface area contributed by atoms with Gasteiger partial charge in [-0.3, -0.25) is 9.48 Å². The average Bonchev–Trinajstić information content (AvgIpc) is 3.06. The zero-order chi connectivity index (χ0) is 19.3. The van der Waals surface area contributed by atoms with E-state index in [-0.39, 0.29) is 5.91 Å². The molecule has 0 spiro atoms. The number of carbonyl (C=O) groups excluding carboxylic acids is 1. The Hall–Kier alpha value is -3.10. The molecule has 0 atom stereocenters. The number of aromatic nitrogens is 2. The molecular weight excluding hydrogens is 338 g/mol. The van der Waals surface area contributed by atoms with Crippen LogP contribution < -0.4 is 5.32 Å². The Morgan fingerprint density at radius 3 is 2.85 bits per heavy atom. The van der Waals surface area contributed by atoms with Gasteiger partial charge in [0.1, 0.15) is 5.60 Å². The molecule has 3 aromatic rings. The number of para-hydroxylation sites is 1. The molecule has 1 amide bonds. The molecule has 0 unspecified atom stereocenters. The van der Waals surface area contributed by atoms with Gasteiger partial charge >= 0.3 is 0 Å². The summed E-state index contributed by atoms with van der Waals surface area (Å²) in [4.78, 5) is 12.3. The minimum Gasteiger partial charge on any atom is -0.378 e. The first-order chi connectivity index (χ1) is 12.9. The van der Waals surface area contributed by atoms with Crippen molar-refractivity contribution < 1.29 is 9.90 Å². The molecule has 2 aromatic carbocycles. The molecule has 0 aliphatic heterocycles. The summed E-state index contributed by atoms with van der Waals surface area (Å²) < 4.78 is 1.95. The normalized spacial score (nSPS) is 11.1.